The molecule has 0 fully saturated rings. The lowest BCUT2D eigenvalue weighted by Gasteiger charge is -2.23. The Balaban J connectivity index is 4.70. The molecule has 0 aromatic heterocycles. The smallest absolute Gasteiger partial charge is 0.326 e. The van der Waals surface area contributed by atoms with Crippen molar-refractivity contribution in [3.63, 3.8) is 0 Å². The summed E-state index contributed by atoms with van der Waals surface area (Å²) in [6.07, 6.45) is 0. The van der Waals surface area contributed by atoms with Gasteiger partial charge >= 0.3 is 5.97 Å². The van der Waals surface area contributed by atoms with Gasteiger partial charge in [0.25, 0.3) is 0 Å². The van der Waals surface area contributed by atoms with E-state index in [-0.39, 0.29) is 11.7 Å². The first-order valence-electron chi connectivity index (χ1n) is 6.05. The van der Waals surface area contributed by atoms with E-state index < -0.39 is 42.5 Å². The van der Waals surface area contributed by atoms with Crippen molar-refractivity contribution in [2.45, 2.75) is 32.0 Å². The van der Waals surface area contributed by atoms with E-state index in [0.29, 0.717) is 0 Å². The summed E-state index contributed by atoms with van der Waals surface area (Å²) in [5, 5.41) is 22.3. The second-order valence-corrected chi connectivity index (χ2v) is 4.97. The number of nitrogens with one attached hydrogen (secondary N) is 2. The molecule has 0 aromatic carbocycles. The second-order valence-electron chi connectivity index (χ2n) is 4.60. The van der Waals surface area contributed by atoms with Gasteiger partial charge in [0, 0.05) is 5.75 Å². The van der Waals surface area contributed by atoms with Gasteiger partial charge in [-0.1, -0.05) is 13.8 Å². The van der Waals surface area contributed by atoms with E-state index >= 15 is 0 Å². The molecule has 0 unspecified atom stereocenters. The van der Waals surface area contributed by atoms with Crippen LogP contribution >= 0.6 is 12.6 Å². The lowest BCUT2D eigenvalue weighted by atomic mass is 10.0. The van der Waals surface area contributed by atoms with E-state index in [9.17, 15) is 14.4 Å². The van der Waals surface area contributed by atoms with E-state index in [1.165, 1.54) is 0 Å². The maximum Gasteiger partial charge on any atom is 0.326 e. The van der Waals surface area contributed by atoms with E-state index in [1.54, 1.807) is 13.8 Å². The molecule has 9 heteroatoms. The highest BCUT2D eigenvalue weighted by Crippen LogP contribution is 2.02. The monoisotopic (exact) mass is 307 g/mol. The summed E-state index contributed by atoms with van der Waals surface area (Å²) in [4.78, 5) is 34.4. The fraction of sp³-hybridized carbons (Fsp3) is 0.727. The number of hydrogen-bond acceptors (Lipinski definition) is 6. The molecule has 6 N–H and O–H groups in total. The van der Waals surface area contributed by atoms with Crippen LogP contribution in [-0.2, 0) is 14.4 Å². The van der Waals surface area contributed by atoms with Gasteiger partial charge in [-0.15, -0.1) is 0 Å². The lowest BCUT2D eigenvalue weighted by molar-refractivity contribution is -0.143. The van der Waals surface area contributed by atoms with E-state index in [4.69, 9.17) is 15.9 Å². The number of aliphatic carboxylic acids is 1. The summed E-state index contributed by atoms with van der Waals surface area (Å²) >= 11 is 3.93. The van der Waals surface area contributed by atoms with Gasteiger partial charge in [0.1, 0.15) is 18.1 Å². The average Bonchev–Trinajstić information content (AvgIpc) is 2.39. The quantitative estimate of drug-likeness (QED) is 0.285. The van der Waals surface area contributed by atoms with Gasteiger partial charge in [0.2, 0.25) is 11.8 Å². The molecule has 0 aliphatic heterocycles. The van der Waals surface area contributed by atoms with Crippen LogP contribution in [0.3, 0.4) is 0 Å². The Hall–Kier alpha value is -1.32. The molecule has 0 heterocycles. The van der Waals surface area contributed by atoms with Crippen LogP contribution in [-0.4, -0.2) is 58.5 Å². The Bertz CT molecular complexity index is 364. The maximum atomic E-state index is 11.9. The SMILES string of the molecule is CC(C)[C@H](NC(=O)[C@H](CS)NC(=O)[C@@H](N)CO)C(=O)O. The number of carboxylic acid groups (broad SMARTS) is 1. The fourth-order valence-corrected chi connectivity index (χ4v) is 1.58. The molecule has 0 saturated carbocycles. The minimum absolute atomic E-state index is 0.0276. The summed E-state index contributed by atoms with van der Waals surface area (Å²) in [6.45, 7) is 2.74. The standard InChI is InChI=1S/C11H21N3O5S/c1-5(2)8(11(18)19)14-10(17)7(4-20)13-9(16)6(12)3-15/h5-8,15,20H,3-4,12H2,1-2H3,(H,13,16)(H,14,17)(H,18,19)/t6-,7-,8-/m0/s1. The molecule has 3 atom stereocenters. The lowest BCUT2D eigenvalue weighted by Crippen LogP contribution is -2.56. The molecule has 0 spiro atoms. The summed E-state index contributed by atoms with van der Waals surface area (Å²) in [6, 6.07) is -3.23. The topological polar surface area (TPSA) is 142 Å². The number of carbonyl (C=O) groups is 3. The van der Waals surface area contributed by atoms with Crippen molar-refractivity contribution >= 4 is 30.4 Å². The maximum absolute atomic E-state index is 11.9. The van der Waals surface area contributed by atoms with Crippen LogP contribution in [0.4, 0.5) is 0 Å². The molecule has 20 heavy (non-hydrogen) atoms. The fourth-order valence-electron chi connectivity index (χ4n) is 1.32. The molecule has 8 nitrogen and oxygen atoms in total. The number of aliphatic hydroxyl groups is 1. The third-order valence-electron chi connectivity index (χ3n) is 2.58. The first-order valence-corrected chi connectivity index (χ1v) is 6.68. The molecule has 0 aliphatic carbocycles. The Labute approximate surface area is 122 Å². The Morgan fingerprint density at radius 1 is 1.20 bits per heavy atom. The van der Waals surface area contributed by atoms with Crippen LogP contribution < -0.4 is 16.4 Å². The van der Waals surface area contributed by atoms with Crippen LogP contribution in [0.25, 0.3) is 0 Å². The van der Waals surface area contributed by atoms with Gasteiger partial charge in [0.05, 0.1) is 6.61 Å². The number of amides is 2. The number of aliphatic hydroxyl groups excluding tert-OH is 1. The second kappa shape index (κ2) is 8.77. The molecule has 0 rings (SSSR count). The molecule has 2 amide bonds. The molecular formula is C11H21N3O5S. The van der Waals surface area contributed by atoms with Crippen molar-refractivity contribution in [3.05, 3.63) is 0 Å². The van der Waals surface area contributed by atoms with Crippen molar-refractivity contribution in [1.29, 1.82) is 0 Å². The van der Waals surface area contributed by atoms with Crippen molar-refractivity contribution in [2.75, 3.05) is 12.4 Å². The first-order chi connectivity index (χ1) is 9.24. The predicted molar refractivity (Wildman–Crippen MR) is 75.2 cm³/mol. The molecule has 0 bridgehead atoms. The number of carboxylic acids is 1. The van der Waals surface area contributed by atoms with Crippen molar-refractivity contribution in [3.8, 4) is 0 Å². The number of thiol groups is 1. The summed E-state index contributed by atoms with van der Waals surface area (Å²) < 4.78 is 0. The third kappa shape index (κ3) is 5.76. The molecule has 0 saturated heterocycles. The summed E-state index contributed by atoms with van der Waals surface area (Å²) in [7, 11) is 0. The zero-order chi connectivity index (χ0) is 15.9. The van der Waals surface area contributed by atoms with Gasteiger partial charge in [-0.05, 0) is 5.92 Å². The van der Waals surface area contributed by atoms with Crippen molar-refractivity contribution in [1.82, 2.24) is 10.6 Å². The van der Waals surface area contributed by atoms with Crippen LogP contribution in [0.15, 0.2) is 0 Å². The Kier molecular flexibility index (Phi) is 8.19. The molecule has 0 radical (unpaired) electrons. The highest BCUT2D eigenvalue weighted by atomic mass is 32.1. The Morgan fingerprint density at radius 2 is 1.75 bits per heavy atom. The van der Waals surface area contributed by atoms with Gasteiger partial charge < -0.3 is 26.6 Å². The average molecular weight is 307 g/mol. The predicted octanol–water partition coefficient (Wildman–Crippen LogP) is -2.05. The van der Waals surface area contributed by atoms with E-state index in [2.05, 4.69) is 23.3 Å². The van der Waals surface area contributed by atoms with Crippen molar-refractivity contribution < 1.29 is 24.6 Å². The van der Waals surface area contributed by atoms with Crippen LogP contribution in [0.2, 0.25) is 0 Å². The molecule has 116 valence electrons. The van der Waals surface area contributed by atoms with E-state index in [1.807, 2.05) is 0 Å². The minimum Gasteiger partial charge on any atom is -0.480 e. The number of rotatable bonds is 8. The highest BCUT2D eigenvalue weighted by Gasteiger charge is 2.28. The van der Waals surface area contributed by atoms with Crippen LogP contribution in [0, 0.1) is 5.92 Å². The van der Waals surface area contributed by atoms with Crippen LogP contribution in [0.1, 0.15) is 13.8 Å². The first kappa shape index (κ1) is 18.7. The van der Waals surface area contributed by atoms with Gasteiger partial charge in [0.15, 0.2) is 0 Å². The minimum atomic E-state index is -1.16. The molecular weight excluding hydrogens is 286 g/mol. The summed E-state index contributed by atoms with van der Waals surface area (Å²) in [5.74, 6) is -2.88. The zero-order valence-electron chi connectivity index (χ0n) is 11.4. The molecule has 0 aromatic rings. The largest absolute Gasteiger partial charge is 0.480 e. The van der Waals surface area contributed by atoms with E-state index in [0.717, 1.165) is 0 Å². The Morgan fingerprint density at radius 3 is 2.10 bits per heavy atom. The summed E-state index contributed by atoms with van der Waals surface area (Å²) in [5.41, 5.74) is 5.30. The normalized spacial score (nSPS) is 15.3. The zero-order valence-corrected chi connectivity index (χ0v) is 12.3. The van der Waals surface area contributed by atoms with Gasteiger partial charge in [-0.2, -0.15) is 12.6 Å². The number of nitrogens with two attached hydrogens (primary N) is 1. The molecule has 0 aliphatic rings. The third-order valence-corrected chi connectivity index (χ3v) is 2.94. The van der Waals surface area contributed by atoms with Gasteiger partial charge in [-0.3, -0.25) is 9.59 Å². The number of carbonyl (C=O) groups excluding carboxylic acids is 2. The highest BCUT2D eigenvalue weighted by molar-refractivity contribution is 7.80. The van der Waals surface area contributed by atoms with Crippen LogP contribution in [0.5, 0.6) is 0 Å². The van der Waals surface area contributed by atoms with Crippen molar-refractivity contribution in [2.24, 2.45) is 11.7 Å². The number of hydrogen-bond donors (Lipinski definition) is 6. The van der Waals surface area contributed by atoms with Gasteiger partial charge in [-0.25, -0.2) is 4.79 Å².